The zero-order valence-electron chi connectivity index (χ0n) is 6.38. The largest absolute Gasteiger partial charge is 0.429 e. The lowest BCUT2D eigenvalue weighted by atomic mass is 10.2. The minimum absolute atomic E-state index is 0.375. The van der Waals surface area contributed by atoms with E-state index in [0.29, 0.717) is 6.07 Å². The molecule has 0 bridgehead atoms. The minimum atomic E-state index is -1.86. The highest BCUT2D eigenvalue weighted by molar-refractivity contribution is 5.78. The van der Waals surface area contributed by atoms with E-state index in [9.17, 15) is 22.0 Å². The van der Waals surface area contributed by atoms with Crippen LogP contribution in [0.3, 0.4) is 0 Å². The van der Waals surface area contributed by atoms with Gasteiger partial charge in [0.2, 0.25) is 5.82 Å². The molecule has 0 fully saturated rings. The molecular formula is C8HF5O. The van der Waals surface area contributed by atoms with Crippen molar-refractivity contribution in [2.45, 2.75) is 0 Å². The van der Waals surface area contributed by atoms with Crippen LogP contribution in [0.4, 0.5) is 22.0 Å². The second-order valence-electron chi connectivity index (χ2n) is 2.55. The molecule has 0 unspecified atom stereocenters. The Labute approximate surface area is 73.7 Å². The van der Waals surface area contributed by atoms with Crippen LogP contribution in [0.2, 0.25) is 0 Å². The highest BCUT2D eigenvalue weighted by Crippen LogP contribution is 2.28. The maximum absolute atomic E-state index is 12.9. The van der Waals surface area contributed by atoms with Crippen LogP contribution in [0.1, 0.15) is 0 Å². The van der Waals surface area contributed by atoms with Crippen molar-refractivity contribution in [1.29, 1.82) is 0 Å². The Morgan fingerprint density at radius 2 is 1.50 bits per heavy atom. The SMILES string of the molecule is Fc1cc2oc(F)c(F)c2c(F)c1F. The number of halogens is 5. The third kappa shape index (κ3) is 0.997. The molecule has 2 rings (SSSR count). The molecule has 0 aliphatic rings. The molecule has 0 aliphatic heterocycles. The Balaban J connectivity index is 2.99. The Morgan fingerprint density at radius 1 is 0.857 bits per heavy atom. The van der Waals surface area contributed by atoms with Gasteiger partial charge in [-0.25, -0.2) is 13.2 Å². The van der Waals surface area contributed by atoms with Gasteiger partial charge in [-0.3, -0.25) is 0 Å². The second kappa shape index (κ2) is 2.70. The second-order valence-corrected chi connectivity index (χ2v) is 2.55. The zero-order chi connectivity index (χ0) is 10.5. The van der Waals surface area contributed by atoms with E-state index < -0.39 is 40.3 Å². The van der Waals surface area contributed by atoms with Crippen molar-refractivity contribution in [3.63, 3.8) is 0 Å². The van der Waals surface area contributed by atoms with Gasteiger partial charge < -0.3 is 4.42 Å². The van der Waals surface area contributed by atoms with Crippen LogP contribution in [0.15, 0.2) is 10.5 Å². The Hall–Kier alpha value is -1.59. The molecule has 2 aromatic rings. The first-order valence-electron chi connectivity index (χ1n) is 3.43. The van der Waals surface area contributed by atoms with Gasteiger partial charge in [0.1, 0.15) is 5.58 Å². The summed E-state index contributed by atoms with van der Waals surface area (Å²) in [5.74, 6) is -6.90. The van der Waals surface area contributed by atoms with E-state index in [4.69, 9.17) is 0 Å². The molecule has 1 heterocycles. The van der Waals surface area contributed by atoms with Gasteiger partial charge >= 0.3 is 6.01 Å². The molecule has 6 heteroatoms. The standard InChI is InChI=1S/C8HF5O/c9-2-1-3-4(6(11)5(2)10)7(12)8(13)14-3/h1H. The van der Waals surface area contributed by atoms with E-state index in [1.54, 1.807) is 0 Å². The third-order valence-electron chi connectivity index (χ3n) is 1.72. The molecular weight excluding hydrogens is 207 g/mol. The van der Waals surface area contributed by atoms with Crippen LogP contribution in [0.25, 0.3) is 11.0 Å². The highest BCUT2D eigenvalue weighted by Gasteiger charge is 2.23. The van der Waals surface area contributed by atoms with Gasteiger partial charge in [0, 0.05) is 6.07 Å². The molecule has 1 aromatic carbocycles. The smallest absolute Gasteiger partial charge is 0.315 e. The first kappa shape index (κ1) is 8.98. The van der Waals surface area contributed by atoms with Crippen LogP contribution in [0.5, 0.6) is 0 Å². The molecule has 0 saturated carbocycles. The summed E-state index contributed by atoms with van der Waals surface area (Å²) in [5, 5.41) is -1.03. The fourth-order valence-electron chi connectivity index (χ4n) is 1.10. The summed E-state index contributed by atoms with van der Waals surface area (Å²) in [4.78, 5) is 0. The third-order valence-corrected chi connectivity index (χ3v) is 1.72. The van der Waals surface area contributed by atoms with Crippen molar-refractivity contribution < 1.29 is 26.4 Å². The maximum Gasteiger partial charge on any atom is 0.315 e. The monoisotopic (exact) mass is 208 g/mol. The van der Waals surface area contributed by atoms with E-state index in [1.165, 1.54) is 0 Å². The summed E-state index contributed by atoms with van der Waals surface area (Å²) in [6.07, 6.45) is 0. The summed E-state index contributed by atoms with van der Waals surface area (Å²) >= 11 is 0. The van der Waals surface area contributed by atoms with Crippen molar-refractivity contribution in [3.8, 4) is 0 Å². The normalized spacial score (nSPS) is 11.2. The van der Waals surface area contributed by atoms with Gasteiger partial charge in [0.15, 0.2) is 17.5 Å². The number of hydrogen-bond acceptors (Lipinski definition) is 1. The fourth-order valence-corrected chi connectivity index (χ4v) is 1.10. The van der Waals surface area contributed by atoms with Gasteiger partial charge in [-0.15, -0.1) is 0 Å². The summed E-state index contributed by atoms with van der Waals surface area (Å²) in [7, 11) is 0. The fraction of sp³-hybridized carbons (Fsp3) is 0. The van der Waals surface area contributed by atoms with Gasteiger partial charge in [-0.2, -0.15) is 8.78 Å². The first-order chi connectivity index (χ1) is 6.52. The minimum Gasteiger partial charge on any atom is -0.429 e. The van der Waals surface area contributed by atoms with Crippen LogP contribution in [-0.2, 0) is 0 Å². The molecule has 0 amide bonds. The van der Waals surface area contributed by atoms with Gasteiger partial charge in [-0.1, -0.05) is 0 Å². The first-order valence-corrected chi connectivity index (χ1v) is 3.43. The molecule has 0 aliphatic carbocycles. The quantitative estimate of drug-likeness (QED) is 0.478. The lowest BCUT2D eigenvalue weighted by Gasteiger charge is -1.94. The van der Waals surface area contributed by atoms with E-state index in [2.05, 4.69) is 4.42 Å². The molecule has 0 saturated heterocycles. The summed E-state index contributed by atoms with van der Waals surface area (Å²) in [5.41, 5.74) is -0.712. The van der Waals surface area contributed by atoms with E-state index in [-0.39, 0.29) is 0 Å². The molecule has 0 spiro atoms. The van der Waals surface area contributed by atoms with E-state index in [0.717, 1.165) is 0 Å². The predicted octanol–water partition coefficient (Wildman–Crippen LogP) is 3.13. The molecule has 1 aromatic heterocycles. The van der Waals surface area contributed by atoms with Crippen LogP contribution in [-0.4, -0.2) is 0 Å². The van der Waals surface area contributed by atoms with E-state index >= 15 is 0 Å². The highest BCUT2D eigenvalue weighted by atomic mass is 19.2. The lowest BCUT2D eigenvalue weighted by molar-refractivity contribution is 0.342. The topological polar surface area (TPSA) is 13.1 Å². The molecule has 14 heavy (non-hydrogen) atoms. The van der Waals surface area contributed by atoms with Gasteiger partial charge in [0.05, 0.1) is 5.39 Å². The lowest BCUT2D eigenvalue weighted by Crippen LogP contribution is -1.91. The van der Waals surface area contributed by atoms with Gasteiger partial charge in [0.25, 0.3) is 0 Å². The van der Waals surface area contributed by atoms with Crippen LogP contribution < -0.4 is 0 Å². The number of rotatable bonds is 0. The Morgan fingerprint density at radius 3 is 2.14 bits per heavy atom. The summed E-state index contributed by atoms with van der Waals surface area (Å²) in [6.45, 7) is 0. The van der Waals surface area contributed by atoms with Crippen LogP contribution in [0, 0.1) is 29.3 Å². The van der Waals surface area contributed by atoms with E-state index in [1.807, 2.05) is 0 Å². The van der Waals surface area contributed by atoms with Crippen molar-refractivity contribution >= 4 is 11.0 Å². The molecule has 1 nitrogen and oxygen atoms in total. The molecule has 74 valence electrons. The molecule has 0 atom stereocenters. The number of benzene rings is 1. The molecule has 0 radical (unpaired) electrons. The number of fused-ring (bicyclic) bond motifs is 1. The average molecular weight is 208 g/mol. The Kier molecular flexibility index (Phi) is 1.73. The average Bonchev–Trinajstić information content (AvgIpc) is 2.39. The van der Waals surface area contributed by atoms with Crippen molar-refractivity contribution in [2.75, 3.05) is 0 Å². The number of hydrogen-bond donors (Lipinski definition) is 0. The van der Waals surface area contributed by atoms with Crippen LogP contribution >= 0.6 is 0 Å². The van der Waals surface area contributed by atoms with Crippen molar-refractivity contribution in [1.82, 2.24) is 0 Å². The van der Waals surface area contributed by atoms with Gasteiger partial charge in [-0.05, 0) is 0 Å². The van der Waals surface area contributed by atoms with Crippen molar-refractivity contribution in [2.24, 2.45) is 0 Å². The van der Waals surface area contributed by atoms with Crippen molar-refractivity contribution in [3.05, 3.63) is 35.3 Å². The predicted molar refractivity (Wildman–Crippen MR) is 36.0 cm³/mol. The zero-order valence-corrected chi connectivity index (χ0v) is 6.38. The number of furan rings is 1. The Bertz CT molecular complexity index is 516. The summed E-state index contributed by atoms with van der Waals surface area (Å²) in [6, 6.07) is -1.33. The maximum atomic E-state index is 12.9. The summed E-state index contributed by atoms with van der Waals surface area (Å²) < 4.78 is 67.1. The molecule has 0 N–H and O–H groups in total.